The zero-order chi connectivity index (χ0) is 20.4. The van der Waals surface area contributed by atoms with Crippen LogP contribution in [-0.2, 0) is 0 Å². The van der Waals surface area contributed by atoms with E-state index < -0.39 is 0 Å². The molecule has 2 N–H and O–H groups in total. The fourth-order valence-corrected chi connectivity index (χ4v) is 3.04. The lowest BCUT2D eigenvalue weighted by molar-refractivity contribution is 0.0954. The molecule has 28 heavy (non-hydrogen) atoms. The second-order valence-electron chi connectivity index (χ2n) is 6.46. The van der Waals surface area contributed by atoms with E-state index in [-0.39, 0.29) is 11.8 Å². The summed E-state index contributed by atoms with van der Waals surface area (Å²) in [7, 11) is 0. The largest absolute Gasteiger partial charge is 0.492 e. The van der Waals surface area contributed by atoms with Gasteiger partial charge < -0.3 is 15.4 Å². The van der Waals surface area contributed by atoms with Crippen molar-refractivity contribution < 1.29 is 14.3 Å². The number of hydrogen-bond donors (Lipinski definition) is 2. The third-order valence-electron chi connectivity index (χ3n) is 4.19. The summed E-state index contributed by atoms with van der Waals surface area (Å²) in [4.78, 5) is 25.1. The van der Waals surface area contributed by atoms with Crippen LogP contribution < -0.4 is 15.4 Å². The zero-order valence-electron chi connectivity index (χ0n) is 16.4. The van der Waals surface area contributed by atoms with Crippen LogP contribution in [0.2, 0.25) is 0 Å². The highest BCUT2D eigenvalue weighted by Gasteiger charge is 2.15. The number of unbranched alkanes of at least 4 members (excludes halogenated alkanes) is 2. The quantitative estimate of drug-likeness (QED) is 0.479. The van der Waals surface area contributed by atoms with Crippen molar-refractivity contribution in [3.05, 3.63) is 58.1 Å². The molecular weight excluding hydrogens is 420 g/mol. The Bertz CT molecular complexity index is 808. The topological polar surface area (TPSA) is 67.4 Å². The molecule has 0 radical (unpaired) electrons. The van der Waals surface area contributed by atoms with Gasteiger partial charge in [0.15, 0.2) is 0 Å². The number of ether oxygens (including phenoxy) is 1. The predicted octanol–water partition coefficient (Wildman–Crippen LogP) is 5.41. The van der Waals surface area contributed by atoms with Crippen molar-refractivity contribution in [1.29, 1.82) is 0 Å². The van der Waals surface area contributed by atoms with Crippen molar-refractivity contribution >= 4 is 33.4 Å². The molecule has 0 aliphatic rings. The van der Waals surface area contributed by atoms with Crippen molar-refractivity contribution in [2.45, 2.75) is 39.5 Å². The summed E-state index contributed by atoms with van der Waals surface area (Å²) in [5.41, 5.74) is 1.42. The summed E-state index contributed by atoms with van der Waals surface area (Å²) in [5.74, 6) is 0.237. The maximum atomic E-state index is 12.7. The Balaban J connectivity index is 2.08. The molecule has 0 saturated heterocycles. The number of amides is 2. The van der Waals surface area contributed by atoms with Crippen LogP contribution in [0.3, 0.4) is 0 Å². The Morgan fingerprint density at radius 2 is 1.75 bits per heavy atom. The smallest absolute Gasteiger partial charge is 0.255 e. The molecular formula is C22H27BrN2O3. The fourth-order valence-electron chi connectivity index (χ4n) is 2.54. The lowest BCUT2D eigenvalue weighted by Gasteiger charge is -2.12. The number of rotatable bonds is 10. The summed E-state index contributed by atoms with van der Waals surface area (Å²) < 4.78 is 6.42. The van der Waals surface area contributed by atoms with E-state index in [2.05, 4.69) is 40.4 Å². The maximum absolute atomic E-state index is 12.7. The molecule has 0 aliphatic heterocycles. The highest BCUT2D eigenvalue weighted by Crippen LogP contribution is 2.27. The second-order valence-corrected chi connectivity index (χ2v) is 7.31. The van der Waals surface area contributed by atoms with Crippen LogP contribution in [0.1, 0.15) is 60.2 Å². The lowest BCUT2D eigenvalue weighted by atomic mass is 10.1. The van der Waals surface area contributed by atoms with E-state index >= 15 is 0 Å². The van der Waals surface area contributed by atoms with Crippen LogP contribution in [0.25, 0.3) is 0 Å². The molecule has 2 amide bonds. The van der Waals surface area contributed by atoms with Crippen LogP contribution in [0.4, 0.5) is 5.69 Å². The maximum Gasteiger partial charge on any atom is 0.255 e. The van der Waals surface area contributed by atoms with Crippen molar-refractivity contribution in [2.24, 2.45) is 0 Å². The van der Waals surface area contributed by atoms with Gasteiger partial charge in [-0.1, -0.05) is 38.8 Å². The van der Waals surface area contributed by atoms with Crippen LogP contribution in [0.15, 0.2) is 46.9 Å². The van der Waals surface area contributed by atoms with E-state index in [0.29, 0.717) is 35.7 Å². The van der Waals surface area contributed by atoms with Gasteiger partial charge in [0.25, 0.3) is 11.8 Å². The zero-order valence-corrected chi connectivity index (χ0v) is 18.0. The molecule has 2 aromatic carbocycles. The molecule has 6 heteroatoms. The van der Waals surface area contributed by atoms with Gasteiger partial charge in [-0.2, -0.15) is 0 Å². The van der Waals surface area contributed by atoms with E-state index in [9.17, 15) is 9.59 Å². The standard InChI is InChI=1S/C22H27BrN2O3/c1-3-5-13-24-22(27)17-9-7-8-10-19(17)25-21(26)16-11-12-20(18(23)15-16)28-14-6-4-2/h7-12,15H,3-6,13-14H2,1-2H3,(H,24,27)(H,25,26). The molecule has 0 aromatic heterocycles. The Morgan fingerprint density at radius 1 is 1.00 bits per heavy atom. The minimum Gasteiger partial charge on any atom is -0.492 e. The number of nitrogens with one attached hydrogen (secondary N) is 2. The van der Waals surface area contributed by atoms with Crippen molar-refractivity contribution in [3.8, 4) is 5.75 Å². The number of halogens is 1. The molecule has 0 heterocycles. The minimum absolute atomic E-state index is 0.190. The molecule has 0 fully saturated rings. The van der Waals surface area contributed by atoms with Gasteiger partial charge in [0.2, 0.25) is 0 Å². The second kappa shape index (κ2) is 11.5. The van der Waals surface area contributed by atoms with Gasteiger partial charge in [-0.15, -0.1) is 0 Å². The Morgan fingerprint density at radius 3 is 2.46 bits per heavy atom. The van der Waals surface area contributed by atoms with E-state index in [1.54, 1.807) is 42.5 Å². The first-order valence-electron chi connectivity index (χ1n) is 9.67. The molecule has 0 atom stereocenters. The van der Waals surface area contributed by atoms with E-state index in [0.717, 1.165) is 30.2 Å². The number of carbonyl (C=O) groups is 2. The van der Waals surface area contributed by atoms with Crippen molar-refractivity contribution in [3.63, 3.8) is 0 Å². The Labute approximate surface area is 175 Å². The summed E-state index contributed by atoms with van der Waals surface area (Å²) in [6.45, 7) is 5.43. The molecule has 2 rings (SSSR count). The molecule has 0 saturated carbocycles. The predicted molar refractivity (Wildman–Crippen MR) is 116 cm³/mol. The lowest BCUT2D eigenvalue weighted by Crippen LogP contribution is -2.26. The first-order valence-corrected chi connectivity index (χ1v) is 10.5. The van der Waals surface area contributed by atoms with E-state index in [1.807, 2.05) is 0 Å². The van der Waals surface area contributed by atoms with Gasteiger partial charge in [0.05, 0.1) is 22.3 Å². The molecule has 2 aromatic rings. The number of anilines is 1. The highest BCUT2D eigenvalue weighted by atomic mass is 79.9. The molecule has 5 nitrogen and oxygen atoms in total. The average Bonchev–Trinajstić information content (AvgIpc) is 2.69. The van der Waals surface area contributed by atoms with E-state index in [1.165, 1.54) is 0 Å². The first kappa shape index (κ1) is 22.0. The van der Waals surface area contributed by atoms with Gasteiger partial charge in [-0.05, 0) is 59.1 Å². The van der Waals surface area contributed by atoms with Gasteiger partial charge in [0, 0.05) is 12.1 Å². The third kappa shape index (κ3) is 6.37. The molecule has 0 bridgehead atoms. The SMILES string of the molecule is CCCCNC(=O)c1ccccc1NC(=O)c1ccc(OCCCC)c(Br)c1. The monoisotopic (exact) mass is 446 g/mol. The molecule has 150 valence electrons. The van der Waals surface area contributed by atoms with Crippen molar-refractivity contribution in [1.82, 2.24) is 5.32 Å². The van der Waals surface area contributed by atoms with E-state index in [4.69, 9.17) is 4.74 Å². The summed E-state index contributed by atoms with van der Waals surface area (Å²) in [6, 6.07) is 12.2. The Kier molecular flexibility index (Phi) is 9.01. The highest BCUT2D eigenvalue weighted by molar-refractivity contribution is 9.10. The fraction of sp³-hybridized carbons (Fsp3) is 0.364. The van der Waals surface area contributed by atoms with Crippen LogP contribution in [0, 0.1) is 0 Å². The van der Waals surface area contributed by atoms with Gasteiger partial charge in [-0.25, -0.2) is 0 Å². The molecule has 0 unspecified atom stereocenters. The van der Waals surface area contributed by atoms with Gasteiger partial charge >= 0.3 is 0 Å². The van der Waals surface area contributed by atoms with Crippen LogP contribution in [-0.4, -0.2) is 25.0 Å². The molecule has 0 aliphatic carbocycles. The number of para-hydroxylation sites is 1. The normalized spacial score (nSPS) is 10.4. The van der Waals surface area contributed by atoms with Crippen LogP contribution >= 0.6 is 15.9 Å². The summed E-state index contributed by atoms with van der Waals surface area (Å²) in [5, 5.41) is 5.72. The minimum atomic E-state index is -0.283. The number of benzene rings is 2. The first-order chi connectivity index (χ1) is 13.6. The third-order valence-corrected chi connectivity index (χ3v) is 4.81. The Hall–Kier alpha value is -2.34. The number of carbonyl (C=O) groups excluding carboxylic acids is 2. The average molecular weight is 447 g/mol. The summed E-state index contributed by atoms with van der Waals surface area (Å²) >= 11 is 3.46. The number of hydrogen-bond acceptors (Lipinski definition) is 3. The molecule has 0 spiro atoms. The van der Waals surface area contributed by atoms with Crippen LogP contribution in [0.5, 0.6) is 5.75 Å². The summed E-state index contributed by atoms with van der Waals surface area (Å²) in [6.07, 6.45) is 3.96. The van der Waals surface area contributed by atoms with Gasteiger partial charge in [-0.3, -0.25) is 9.59 Å². The van der Waals surface area contributed by atoms with Crippen molar-refractivity contribution in [2.75, 3.05) is 18.5 Å². The van der Waals surface area contributed by atoms with Gasteiger partial charge in [0.1, 0.15) is 5.75 Å².